The van der Waals surface area contributed by atoms with Gasteiger partial charge in [0.15, 0.2) is 0 Å². The Kier molecular flexibility index (Phi) is 5.09. The lowest BCUT2D eigenvalue weighted by atomic mass is 9.72. The summed E-state index contributed by atoms with van der Waals surface area (Å²) in [5.41, 5.74) is 2.89. The summed E-state index contributed by atoms with van der Waals surface area (Å²) in [5.74, 6) is 0. The Morgan fingerprint density at radius 3 is 2.50 bits per heavy atom. The van der Waals surface area contributed by atoms with Crippen molar-refractivity contribution in [2.75, 3.05) is 18.4 Å². The fourth-order valence-corrected chi connectivity index (χ4v) is 4.50. The van der Waals surface area contributed by atoms with Crippen molar-refractivity contribution in [3.8, 4) is 0 Å². The normalized spacial score (nSPS) is 26.0. The van der Waals surface area contributed by atoms with Gasteiger partial charge in [-0.3, -0.25) is 4.90 Å². The molecule has 2 N–H and O–H groups in total. The molecule has 3 heteroatoms. The van der Waals surface area contributed by atoms with E-state index < -0.39 is 5.60 Å². The summed E-state index contributed by atoms with van der Waals surface area (Å²) in [6.45, 7) is 2.54. The largest absolute Gasteiger partial charge is 0.384 e. The number of anilines is 1. The molecular formula is C23H28N2O. The summed E-state index contributed by atoms with van der Waals surface area (Å²) in [6, 6.07) is 21.1. The molecule has 3 nitrogen and oxygen atoms in total. The van der Waals surface area contributed by atoms with Crippen LogP contribution in [-0.4, -0.2) is 34.7 Å². The molecule has 0 radical (unpaired) electrons. The minimum Gasteiger partial charge on any atom is -0.384 e. The van der Waals surface area contributed by atoms with Gasteiger partial charge in [-0.1, -0.05) is 67.4 Å². The molecule has 0 saturated heterocycles. The number of aliphatic hydroxyl groups is 1. The van der Waals surface area contributed by atoms with Crippen LogP contribution in [0.2, 0.25) is 0 Å². The smallest absolute Gasteiger partial charge is 0.103 e. The van der Waals surface area contributed by atoms with Gasteiger partial charge in [0, 0.05) is 31.4 Å². The van der Waals surface area contributed by atoms with Gasteiger partial charge in [-0.15, -0.1) is 0 Å². The van der Waals surface area contributed by atoms with Gasteiger partial charge in [0.1, 0.15) is 5.60 Å². The molecule has 2 unspecified atom stereocenters. The maximum Gasteiger partial charge on any atom is 0.103 e. The summed E-state index contributed by atoms with van der Waals surface area (Å²) in [7, 11) is 0. The van der Waals surface area contributed by atoms with E-state index in [2.05, 4.69) is 58.8 Å². The number of hydrogen-bond acceptors (Lipinski definition) is 3. The van der Waals surface area contributed by atoms with Gasteiger partial charge in [0.2, 0.25) is 0 Å². The molecule has 1 saturated carbocycles. The minimum atomic E-state index is -0.701. The van der Waals surface area contributed by atoms with Crippen LogP contribution in [-0.2, 0) is 6.54 Å². The van der Waals surface area contributed by atoms with E-state index >= 15 is 0 Å². The van der Waals surface area contributed by atoms with Crippen LogP contribution < -0.4 is 5.32 Å². The first kappa shape index (κ1) is 17.3. The Morgan fingerprint density at radius 1 is 1.00 bits per heavy atom. The van der Waals surface area contributed by atoms with Crippen molar-refractivity contribution in [2.24, 2.45) is 0 Å². The molecule has 2 aliphatic rings. The van der Waals surface area contributed by atoms with Gasteiger partial charge in [-0.25, -0.2) is 0 Å². The summed E-state index contributed by atoms with van der Waals surface area (Å²) in [4.78, 5) is 2.46. The van der Waals surface area contributed by atoms with E-state index in [1.807, 2.05) is 18.2 Å². The molecule has 2 atom stereocenters. The summed E-state index contributed by atoms with van der Waals surface area (Å²) in [5, 5.41) is 15.1. The van der Waals surface area contributed by atoms with Crippen molar-refractivity contribution in [3.63, 3.8) is 0 Å². The molecule has 0 spiro atoms. The molecule has 0 bridgehead atoms. The quantitative estimate of drug-likeness (QED) is 0.795. The third kappa shape index (κ3) is 3.55. The lowest BCUT2D eigenvalue weighted by Crippen LogP contribution is -2.59. The third-order valence-corrected chi connectivity index (χ3v) is 5.89. The second-order valence-electron chi connectivity index (χ2n) is 7.55. The van der Waals surface area contributed by atoms with Crippen LogP contribution in [0.3, 0.4) is 0 Å². The van der Waals surface area contributed by atoms with Gasteiger partial charge in [-0.2, -0.15) is 0 Å². The van der Waals surface area contributed by atoms with Crippen molar-refractivity contribution < 1.29 is 5.11 Å². The molecule has 26 heavy (non-hydrogen) atoms. The highest BCUT2D eigenvalue weighted by molar-refractivity contribution is 5.45. The Bertz CT molecular complexity index is 743. The van der Waals surface area contributed by atoms with Crippen LogP contribution in [0, 0.1) is 0 Å². The summed E-state index contributed by atoms with van der Waals surface area (Å²) in [6.07, 6.45) is 6.50. The van der Waals surface area contributed by atoms with E-state index in [4.69, 9.17) is 0 Å². The Balaban J connectivity index is 1.52. The Hall–Kier alpha value is -2.10. The second-order valence-corrected chi connectivity index (χ2v) is 7.55. The van der Waals surface area contributed by atoms with Crippen LogP contribution in [0.4, 0.5) is 5.69 Å². The molecule has 2 aromatic carbocycles. The SMILES string of the molecule is OC12CCCCC1N(Cc1ccccc1)CC=C2CNc1ccccc1. The van der Waals surface area contributed by atoms with E-state index in [1.165, 1.54) is 12.0 Å². The van der Waals surface area contributed by atoms with Gasteiger partial charge < -0.3 is 10.4 Å². The molecular weight excluding hydrogens is 320 g/mol. The van der Waals surface area contributed by atoms with E-state index in [0.717, 1.165) is 50.2 Å². The van der Waals surface area contributed by atoms with Crippen molar-refractivity contribution in [2.45, 2.75) is 43.9 Å². The summed E-state index contributed by atoms with van der Waals surface area (Å²) >= 11 is 0. The topological polar surface area (TPSA) is 35.5 Å². The van der Waals surface area contributed by atoms with Gasteiger partial charge >= 0.3 is 0 Å². The average Bonchev–Trinajstić information content (AvgIpc) is 2.69. The number of rotatable bonds is 5. The molecule has 1 aliphatic heterocycles. The fourth-order valence-electron chi connectivity index (χ4n) is 4.50. The zero-order chi connectivity index (χ0) is 17.8. The zero-order valence-corrected chi connectivity index (χ0v) is 15.3. The van der Waals surface area contributed by atoms with Gasteiger partial charge in [0.25, 0.3) is 0 Å². The van der Waals surface area contributed by atoms with Crippen molar-refractivity contribution in [1.29, 1.82) is 0 Å². The van der Waals surface area contributed by atoms with E-state index in [1.54, 1.807) is 0 Å². The molecule has 0 aromatic heterocycles. The van der Waals surface area contributed by atoms with Crippen LogP contribution in [0.5, 0.6) is 0 Å². The first-order valence-corrected chi connectivity index (χ1v) is 9.74. The predicted molar refractivity (Wildman–Crippen MR) is 107 cm³/mol. The monoisotopic (exact) mass is 348 g/mol. The highest BCUT2D eigenvalue weighted by Crippen LogP contribution is 2.40. The third-order valence-electron chi connectivity index (χ3n) is 5.89. The van der Waals surface area contributed by atoms with Crippen molar-refractivity contribution in [3.05, 3.63) is 77.9 Å². The molecule has 1 fully saturated rings. The predicted octanol–water partition coefficient (Wildman–Crippen LogP) is 4.21. The van der Waals surface area contributed by atoms with E-state index in [9.17, 15) is 5.11 Å². The van der Waals surface area contributed by atoms with Crippen LogP contribution in [0.1, 0.15) is 31.2 Å². The first-order valence-electron chi connectivity index (χ1n) is 9.74. The second kappa shape index (κ2) is 7.65. The highest BCUT2D eigenvalue weighted by atomic mass is 16.3. The van der Waals surface area contributed by atoms with E-state index in [-0.39, 0.29) is 6.04 Å². The Morgan fingerprint density at radius 2 is 1.73 bits per heavy atom. The number of nitrogens with one attached hydrogen (secondary N) is 1. The maximum atomic E-state index is 11.6. The Labute approximate surface area is 156 Å². The number of fused-ring (bicyclic) bond motifs is 1. The minimum absolute atomic E-state index is 0.217. The molecule has 1 aliphatic carbocycles. The average molecular weight is 348 g/mol. The molecule has 1 heterocycles. The van der Waals surface area contributed by atoms with Gasteiger partial charge in [-0.05, 0) is 36.1 Å². The molecule has 4 rings (SSSR count). The van der Waals surface area contributed by atoms with E-state index in [0.29, 0.717) is 0 Å². The maximum absolute atomic E-state index is 11.6. The zero-order valence-electron chi connectivity index (χ0n) is 15.3. The number of benzene rings is 2. The van der Waals surface area contributed by atoms with Gasteiger partial charge in [0.05, 0.1) is 0 Å². The number of nitrogens with zero attached hydrogens (tertiary/aromatic N) is 1. The lowest BCUT2D eigenvalue weighted by molar-refractivity contribution is -0.0554. The highest BCUT2D eigenvalue weighted by Gasteiger charge is 2.46. The van der Waals surface area contributed by atoms with Crippen molar-refractivity contribution >= 4 is 5.69 Å². The van der Waals surface area contributed by atoms with Crippen molar-refractivity contribution in [1.82, 2.24) is 4.90 Å². The van der Waals surface area contributed by atoms with Crippen LogP contribution in [0.25, 0.3) is 0 Å². The summed E-state index contributed by atoms with van der Waals surface area (Å²) < 4.78 is 0. The molecule has 136 valence electrons. The van der Waals surface area contributed by atoms with Crippen LogP contribution in [0.15, 0.2) is 72.3 Å². The number of hydrogen-bond donors (Lipinski definition) is 2. The molecule has 2 aromatic rings. The van der Waals surface area contributed by atoms with Crippen LogP contribution >= 0.6 is 0 Å². The number of para-hydroxylation sites is 1. The first-order chi connectivity index (χ1) is 12.8. The fraction of sp³-hybridized carbons (Fsp3) is 0.391. The molecule has 0 amide bonds. The lowest BCUT2D eigenvalue weighted by Gasteiger charge is -2.50. The standard InChI is InChI=1S/C23H28N2O/c26-23-15-8-7-13-22(23)25(18-19-9-3-1-4-10-19)16-14-20(23)17-24-21-11-5-2-6-12-21/h1-6,9-12,14,22,24,26H,7-8,13,15-18H2.